The number of hydrazine groups is 1. The van der Waals surface area contributed by atoms with E-state index in [1.807, 2.05) is 0 Å². The Morgan fingerprint density at radius 2 is 2.29 bits per heavy atom. The molecule has 0 aromatic rings. The molecule has 0 aromatic heterocycles. The second-order valence-electron chi connectivity index (χ2n) is 3.59. The lowest BCUT2D eigenvalue weighted by Crippen LogP contribution is -2.51. The molecule has 1 saturated heterocycles. The fourth-order valence-corrected chi connectivity index (χ4v) is 1.51. The van der Waals surface area contributed by atoms with E-state index in [0.717, 1.165) is 19.4 Å². The largest absolute Gasteiger partial charge is 0.376 e. The van der Waals surface area contributed by atoms with Crippen molar-refractivity contribution in [2.45, 2.75) is 18.9 Å². The first-order chi connectivity index (χ1) is 8.22. The van der Waals surface area contributed by atoms with E-state index in [9.17, 15) is 4.79 Å². The Bertz CT molecular complexity index is 279. The number of hydrogen-bond donors (Lipinski definition) is 4. The van der Waals surface area contributed by atoms with Crippen molar-refractivity contribution in [1.29, 1.82) is 0 Å². The van der Waals surface area contributed by atoms with Crippen LogP contribution in [0.4, 0.5) is 4.79 Å². The van der Waals surface area contributed by atoms with Crippen LogP contribution in [0.1, 0.15) is 12.8 Å². The Hall–Kier alpha value is -1.34. The van der Waals surface area contributed by atoms with E-state index in [1.165, 1.54) is 0 Å². The van der Waals surface area contributed by atoms with Crippen molar-refractivity contribution in [3.05, 3.63) is 12.7 Å². The molecule has 96 valence electrons. The maximum Gasteiger partial charge on any atom is 0.333 e. The summed E-state index contributed by atoms with van der Waals surface area (Å²) in [6.07, 6.45) is 3.94. The van der Waals surface area contributed by atoms with Gasteiger partial charge in [-0.3, -0.25) is 5.43 Å². The molecular formula is C10H18N4O2S. The highest BCUT2D eigenvalue weighted by atomic mass is 32.1. The maximum absolute atomic E-state index is 11.1. The minimum atomic E-state index is -0.355. The van der Waals surface area contributed by atoms with Gasteiger partial charge in [0.25, 0.3) is 0 Å². The third kappa shape index (κ3) is 6.08. The predicted molar refractivity (Wildman–Crippen MR) is 69.4 cm³/mol. The number of rotatable bonds is 4. The van der Waals surface area contributed by atoms with Crippen LogP contribution in [-0.4, -0.2) is 36.9 Å². The molecule has 0 aromatic carbocycles. The summed E-state index contributed by atoms with van der Waals surface area (Å²) in [5, 5.41) is 5.88. The maximum atomic E-state index is 11.1. The van der Waals surface area contributed by atoms with Gasteiger partial charge in [0.1, 0.15) is 0 Å². The monoisotopic (exact) mass is 258 g/mol. The van der Waals surface area contributed by atoms with Gasteiger partial charge in [-0.2, -0.15) is 0 Å². The summed E-state index contributed by atoms with van der Waals surface area (Å²) in [4.78, 5) is 11.1. The van der Waals surface area contributed by atoms with Gasteiger partial charge in [0, 0.05) is 19.7 Å². The molecular weight excluding hydrogens is 240 g/mol. The van der Waals surface area contributed by atoms with Crippen molar-refractivity contribution in [3.8, 4) is 0 Å². The summed E-state index contributed by atoms with van der Waals surface area (Å²) in [5.74, 6) is 0. The molecule has 1 fully saturated rings. The van der Waals surface area contributed by atoms with E-state index in [0.29, 0.717) is 18.2 Å². The smallest absolute Gasteiger partial charge is 0.333 e. The summed E-state index contributed by atoms with van der Waals surface area (Å²) < 4.78 is 5.42. The lowest BCUT2D eigenvalue weighted by atomic mass is 10.2. The predicted octanol–water partition coefficient (Wildman–Crippen LogP) is 0.0297. The molecule has 1 aliphatic heterocycles. The molecule has 0 spiro atoms. The molecule has 0 saturated carbocycles. The topological polar surface area (TPSA) is 74.4 Å². The molecule has 4 N–H and O–H groups in total. The van der Waals surface area contributed by atoms with Crippen LogP contribution in [0.5, 0.6) is 0 Å². The van der Waals surface area contributed by atoms with Crippen LogP contribution in [0.3, 0.4) is 0 Å². The molecule has 1 unspecified atom stereocenters. The third-order valence-corrected chi connectivity index (χ3v) is 2.46. The van der Waals surface area contributed by atoms with Crippen molar-refractivity contribution in [2.75, 3.05) is 19.7 Å². The second-order valence-corrected chi connectivity index (χ2v) is 4.00. The zero-order valence-electron chi connectivity index (χ0n) is 9.62. The standard InChI is InChI=1S/C10H18N4O2S/c1-2-5-11-9(15)13-14-10(17)12-7-8-4-3-6-16-8/h2,8H,1,3-7H2,(H2,11,13,15)(H2,12,14,17). The van der Waals surface area contributed by atoms with Gasteiger partial charge < -0.3 is 15.4 Å². The molecule has 2 amide bonds. The molecule has 17 heavy (non-hydrogen) atoms. The van der Waals surface area contributed by atoms with Crippen LogP contribution in [-0.2, 0) is 4.74 Å². The van der Waals surface area contributed by atoms with Gasteiger partial charge >= 0.3 is 6.03 Å². The molecule has 0 bridgehead atoms. The quantitative estimate of drug-likeness (QED) is 0.325. The number of amides is 2. The molecule has 1 atom stereocenters. The summed E-state index contributed by atoms with van der Waals surface area (Å²) in [7, 11) is 0. The summed E-state index contributed by atoms with van der Waals surface area (Å²) in [6.45, 7) is 5.36. The number of carbonyl (C=O) groups is 1. The van der Waals surface area contributed by atoms with Crippen LogP contribution in [0.25, 0.3) is 0 Å². The molecule has 6 nitrogen and oxygen atoms in total. The Morgan fingerprint density at radius 3 is 2.94 bits per heavy atom. The first-order valence-corrected chi connectivity index (χ1v) is 5.93. The molecule has 1 rings (SSSR count). The average molecular weight is 258 g/mol. The Morgan fingerprint density at radius 1 is 1.47 bits per heavy atom. The highest BCUT2D eigenvalue weighted by Gasteiger charge is 2.15. The van der Waals surface area contributed by atoms with Gasteiger partial charge in [0.05, 0.1) is 6.10 Å². The number of ether oxygens (including phenoxy) is 1. The number of hydrogen-bond acceptors (Lipinski definition) is 3. The lowest BCUT2D eigenvalue weighted by molar-refractivity contribution is 0.114. The van der Waals surface area contributed by atoms with Gasteiger partial charge in [-0.25, -0.2) is 10.2 Å². The second kappa shape index (κ2) is 7.86. The van der Waals surface area contributed by atoms with Gasteiger partial charge in [-0.15, -0.1) is 6.58 Å². The zero-order chi connectivity index (χ0) is 12.5. The SMILES string of the molecule is C=CCNC(=O)NNC(=S)NCC1CCCO1. The minimum Gasteiger partial charge on any atom is -0.376 e. The van der Waals surface area contributed by atoms with Crippen molar-refractivity contribution in [1.82, 2.24) is 21.5 Å². The van der Waals surface area contributed by atoms with E-state index in [1.54, 1.807) is 6.08 Å². The van der Waals surface area contributed by atoms with E-state index in [2.05, 4.69) is 28.1 Å². The van der Waals surface area contributed by atoms with E-state index in [-0.39, 0.29) is 12.1 Å². The van der Waals surface area contributed by atoms with Crippen LogP contribution in [0.2, 0.25) is 0 Å². The van der Waals surface area contributed by atoms with Gasteiger partial charge in [-0.05, 0) is 25.1 Å². The average Bonchev–Trinajstić information content (AvgIpc) is 2.84. The van der Waals surface area contributed by atoms with Crippen LogP contribution >= 0.6 is 12.2 Å². The first kappa shape index (κ1) is 13.7. The van der Waals surface area contributed by atoms with Crippen LogP contribution in [0, 0.1) is 0 Å². The fraction of sp³-hybridized carbons (Fsp3) is 0.600. The van der Waals surface area contributed by atoms with E-state index in [4.69, 9.17) is 17.0 Å². The number of thiocarbonyl (C=S) groups is 1. The molecule has 1 aliphatic rings. The number of nitrogens with one attached hydrogen (secondary N) is 4. The lowest BCUT2D eigenvalue weighted by Gasteiger charge is -2.14. The number of urea groups is 1. The minimum absolute atomic E-state index is 0.212. The Labute approximate surface area is 106 Å². The molecule has 1 heterocycles. The van der Waals surface area contributed by atoms with Gasteiger partial charge in [-0.1, -0.05) is 6.08 Å². The van der Waals surface area contributed by atoms with Crippen molar-refractivity contribution >= 4 is 23.4 Å². The number of carbonyl (C=O) groups excluding carboxylic acids is 1. The van der Waals surface area contributed by atoms with Gasteiger partial charge in [0.2, 0.25) is 0 Å². The highest BCUT2D eigenvalue weighted by Crippen LogP contribution is 2.10. The third-order valence-electron chi connectivity index (χ3n) is 2.21. The summed E-state index contributed by atoms with van der Waals surface area (Å²) in [5.41, 5.74) is 4.98. The first-order valence-electron chi connectivity index (χ1n) is 5.52. The highest BCUT2D eigenvalue weighted by molar-refractivity contribution is 7.80. The molecule has 7 heteroatoms. The van der Waals surface area contributed by atoms with Crippen LogP contribution < -0.4 is 21.5 Å². The van der Waals surface area contributed by atoms with E-state index < -0.39 is 0 Å². The Balaban J connectivity index is 2.03. The molecule has 0 radical (unpaired) electrons. The van der Waals surface area contributed by atoms with Gasteiger partial charge in [0.15, 0.2) is 5.11 Å². The fourth-order valence-electron chi connectivity index (χ4n) is 1.38. The summed E-state index contributed by atoms with van der Waals surface area (Å²) >= 11 is 4.98. The normalized spacial score (nSPS) is 18.2. The van der Waals surface area contributed by atoms with Crippen molar-refractivity contribution in [2.24, 2.45) is 0 Å². The summed E-state index contributed by atoms with van der Waals surface area (Å²) in [6, 6.07) is -0.355. The zero-order valence-corrected chi connectivity index (χ0v) is 10.4. The van der Waals surface area contributed by atoms with E-state index >= 15 is 0 Å². The van der Waals surface area contributed by atoms with Crippen molar-refractivity contribution < 1.29 is 9.53 Å². The molecule has 0 aliphatic carbocycles. The Kier molecular flexibility index (Phi) is 6.34. The van der Waals surface area contributed by atoms with Crippen molar-refractivity contribution in [3.63, 3.8) is 0 Å². The van der Waals surface area contributed by atoms with Crippen LogP contribution in [0.15, 0.2) is 12.7 Å².